The Morgan fingerprint density at radius 2 is 2.56 bits per heavy atom. The number of aromatic nitrogens is 1. The topological polar surface area (TPSA) is 54.0 Å². The summed E-state index contributed by atoms with van der Waals surface area (Å²) >= 11 is 1.68. The summed E-state index contributed by atoms with van der Waals surface area (Å²) in [5, 5.41) is 7.27. The Morgan fingerprint density at radius 3 is 3.22 bits per heavy atom. The van der Waals surface area contributed by atoms with E-state index in [2.05, 4.69) is 22.5 Å². The van der Waals surface area contributed by atoms with Crippen molar-refractivity contribution in [2.24, 2.45) is 5.92 Å². The van der Waals surface area contributed by atoms with E-state index in [-0.39, 0.29) is 5.91 Å². The van der Waals surface area contributed by atoms with Crippen molar-refractivity contribution in [2.75, 3.05) is 13.1 Å². The average Bonchev–Trinajstić information content (AvgIpc) is 3.04. The van der Waals surface area contributed by atoms with Gasteiger partial charge in [-0.2, -0.15) is 0 Å². The third-order valence-corrected chi connectivity index (χ3v) is 4.47. The molecule has 2 rings (SSSR count). The van der Waals surface area contributed by atoms with Gasteiger partial charge in [-0.1, -0.05) is 6.92 Å². The van der Waals surface area contributed by atoms with Gasteiger partial charge in [-0.05, 0) is 38.3 Å². The molecule has 4 nitrogen and oxygen atoms in total. The third-order valence-electron chi connectivity index (χ3n) is 3.33. The number of carbonyl (C=O) groups excluding carboxylic acids is 1. The molecular formula is C13H21N3OS. The van der Waals surface area contributed by atoms with E-state index in [0.29, 0.717) is 18.9 Å². The maximum Gasteiger partial charge on any atom is 0.220 e. The standard InChI is InChI=1S/C13H21N3OS/c1-2-11-8-16-13(18-11)9-15-12(17)4-3-10-5-6-14-7-10/h8,10,14H,2-7,9H2,1H3,(H,15,17). The first-order chi connectivity index (χ1) is 8.78. The van der Waals surface area contributed by atoms with Gasteiger partial charge in [0.2, 0.25) is 5.91 Å². The minimum absolute atomic E-state index is 0.148. The van der Waals surface area contributed by atoms with Crippen molar-refractivity contribution >= 4 is 17.2 Å². The van der Waals surface area contributed by atoms with Crippen molar-refractivity contribution in [3.05, 3.63) is 16.1 Å². The molecule has 2 heterocycles. The molecule has 1 atom stereocenters. The zero-order valence-electron chi connectivity index (χ0n) is 10.9. The molecule has 1 aliphatic heterocycles. The minimum atomic E-state index is 0.148. The Morgan fingerprint density at radius 1 is 1.67 bits per heavy atom. The van der Waals surface area contributed by atoms with Gasteiger partial charge in [0.25, 0.3) is 0 Å². The Balaban J connectivity index is 1.64. The summed E-state index contributed by atoms with van der Waals surface area (Å²) in [6.07, 6.45) is 5.76. The van der Waals surface area contributed by atoms with Crippen LogP contribution in [0.2, 0.25) is 0 Å². The summed E-state index contributed by atoms with van der Waals surface area (Å²) in [4.78, 5) is 17.3. The van der Waals surface area contributed by atoms with Crippen molar-refractivity contribution in [2.45, 2.75) is 39.2 Å². The predicted molar refractivity (Wildman–Crippen MR) is 73.5 cm³/mol. The van der Waals surface area contributed by atoms with Crippen LogP contribution < -0.4 is 10.6 Å². The number of aryl methyl sites for hydroxylation is 1. The van der Waals surface area contributed by atoms with Gasteiger partial charge in [-0.15, -0.1) is 11.3 Å². The lowest BCUT2D eigenvalue weighted by Crippen LogP contribution is -2.23. The largest absolute Gasteiger partial charge is 0.350 e. The first-order valence-electron chi connectivity index (χ1n) is 6.69. The fraction of sp³-hybridized carbons (Fsp3) is 0.692. The van der Waals surface area contributed by atoms with Gasteiger partial charge in [0.05, 0.1) is 6.54 Å². The molecule has 2 N–H and O–H groups in total. The highest BCUT2D eigenvalue weighted by Gasteiger charge is 2.15. The number of thiazole rings is 1. The zero-order chi connectivity index (χ0) is 12.8. The lowest BCUT2D eigenvalue weighted by molar-refractivity contribution is -0.121. The minimum Gasteiger partial charge on any atom is -0.350 e. The van der Waals surface area contributed by atoms with E-state index in [1.807, 2.05) is 6.20 Å². The summed E-state index contributed by atoms with van der Waals surface area (Å²) in [5.74, 6) is 0.831. The Labute approximate surface area is 112 Å². The van der Waals surface area contributed by atoms with Gasteiger partial charge in [0, 0.05) is 17.5 Å². The molecule has 0 aliphatic carbocycles. The fourth-order valence-corrected chi connectivity index (χ4v) is 2.95. The van der Waals surface area contributed by atoms with Gasteiger partial charge >= 0.3 is 0 Å². The molecule has 1 fully saturated rings. The molecule has 1 aliphatic rings. The Hall–Kier alpha value is -0.940. The van der Waals surface area contributed by atoms with Gasteiger partial charge < -0.3 is 10.6 Å². The number of hydrogen-bond donors (Lipinski definition) is 2. The van der Waals surface area contributed by atoms with Crippen LogP contribution in [0.25, 0.3) is 0 Å². The Bertz CT molecular complexity index is 385. The van der Waals surface area contributed by atoms with Crippen LogP contribution in [0.4, 0.5) is 0 Å². The van der Waals surface area contributed by atoms with Gasteiger partial charge in [0.1, 0.15) is 5.01 Å². The van der Waals surface area contributed by atoms with Crippen LogP contribution in [0.3, 0.4) is 0 Å². The summed E-state index contributed by atoms with van der Waals surface area (Å²) in [6.45, 7) is 4.86. The van der Waals surface area contributed by atoms with Crippen molar-refractivity contribution in [3.8, 4) is 0 Å². The van der Waals surface area contributed by atoms with Crippen molar-refractivity contribution in [1.29, 1.82) is 0 Å². The second-order valence-electron chi connectivity index (χ2n) is 4.75. The SMILES string of the molecule is CCc1cnc(CNC(=O)CCC2CCNC2)s1. The van der Waals surface area contributed by atoms with E-state index in [1.165, 1.54) is 11.3 Å². The first kappa shape index (κ1) is 13.5. The highest BCUT2D eigenvalue weighted by Crippen LogP contribution is 2.15. The molecular weight excluding hydrogens is 246 g/mol. The van der Waals surface area contributed by atoms with E-state index < -0.39 is 0 Å². The van der Waals surface area contributed by atoms with E-state index in [1.54, 1.807) is 11.3 Å². The number of nitrogens with zero attached hydrogens (tertiary/aromatic N) is 1. The van der Waals surface area contributed by atoms with Crippen molar-refractivity contribution < 1.29 is 4.79 Å². The Kier molecular flexibility index (Phi) is 5.13. The predicted octanol–water partition coefficient (Wildman–Crippen LogP) is 1.71. The number of amides is 1. The molecule has 0 spiro atoms. The fourth-order valence-electron chi connectivity index (χ4n) is 2.15. The van der Waals surface area contributed by atoms with Crippen LogP contribution in [0.5, 0.6) is 0 Å². The average molecular weight is 267 g/mol. The van der Waals surface area contributed by atoms with E-state index >= 15 is 0 Å². The molecule has 18 heavy (non-hydrogen) atoms. The van der Waals surface area contributed by atoms with E-state index in [0.717, 1.165) is 30.9 Å². The molecule has 1 unspecified atom stereocenters. The molecule has 1 aromatic heterocycles. The molecule has 1 amide bonds. The highest BCUT2D eigenvalue weighted by molar-refractivity contribution is 7.11. The molecule has 0 aromatic carbocycles. The van der Waals surface area contributed by atoms with Gasteiger partial charge in [-0.25, -0.2) is 4.98 Å². The lowest BCUT2D eigenvalue weighted by atomic mass is 10.0. The number of nitrogens with one attached hydrogen (secondary N) is 2. The molecule has 5 heteroatoms. The molecule has 0 bridgehead atoms. The molecule has 0 radical (unpaired) electrons. The van der Waals surface area contributed by atoms with Gasteiger partial charge in [0.15, 0.2) is 0 Å². The molecule has 0 saturated carbocycles. The van der Waals surface area contributed by atoms with E-state index in [4.69, 9.17) is 0 Å². The summed E-state index contributed by atoms with van der Waals surface area (Å²) in [7, 11) is 0. The van der Waals surface area contributed by atoms with Crippen LogP contribution in [0.15, 0.2) is 6.20 Å². The monoisotopic (exact) mass is 267 g/mol. The number of rotatable bonds is 6. The third kappa shape index (κ3) is 4.07. The van der Waals surface area contributed by atoms with Crippen LogP contribution >= 0.6 is 11.3 Å². The number of hydrogen-bond acceptors (Lipinski definition) is 4. The molecule has 1 saturated heterocycles. The maximum absolute atomic E-state index is 11.7. The quantitative estimate of drug-likeness (QED) is 0.825. The zero-order valence-corrected chi connectivity index (χ0v) is 11.7. The smallest absolute Gasteiger partial charge is 0.220 e. The maximum atomic E-state index is 11.7. The molecule has 100 valence electrons. The second kappa shape index (κ2) is 6.85. The van der Waals surface area contributed by atoms with Crippen molar-refractivity contribution in [1.82, 2.24) is 15.6 Å². The summed E-state index contributed by atoms with van der Waals surface area (Å²) < 4.78 is 0. The van der Waals surface area contributed by atoms with Crippen LogP contribution in [-0.2, 0) is 17.8 Å². The second-order valence-corrected chi connectivity index (χ2v) is 5.95. The van der Waals surface area contributed by atoms with Crippen LogP contribution in [0.1, 0.15) is 36.1 Å². The van der Waals surface area contributed by atoms with Crippen molar-refractivity contribution in [3.63, 3.8) is 0 Å². The van der Waals surface area contributed by atoms with Gasteiger partial charge in [-0.3, -0.25) is 4.79 Å². The molecule has 1 aromatic rings. The highest BCUT2D eigenvalue weighted by atomic mass is 32.1. The lowest BCUT2D eigenvalue weighted by Gasteiger charge is -2.07. The first-order valence-corrected chi connectivity index (χ1v) is 7.50. The van der Waals surface area contributed by atoms with E-state index in [9.17, 15) is 4.79 Å². The summed E-state index contributed by atoms with van der Waals surface area (Å²) in [6, 6.07) is 0. The van der Waals surface area contributed by atoms with Crippen LogP contribution in [-0.4, -0.2) is 24.0 Å². The van der Waals surface area contributed by atoms with Crippen LogP contribution in [0, 0.1) is 5.92 Å². The summed E-state index contributed by atoms with van der Waals surface area (Å²) in [5.41, 5.74) is 0. The normalized spacial score (nSPS) is 19.1. The number of carbonyl (C=O) groups is 1.